The van der Waals surface area contributed by atoms with Crippen molar-refractivity contribution in [3.63, 3.8) is 0 Å². The van der Waals surface area contributed by atoms with Crippen LogP contribution in [0.2, 0.25) is 0 Å². The molecule has 0 bridgehead atoms. The Bertz CT molecular complexity index is 686. The third kappa shape index (κ3) is 2.74. The van der Waals surface area contributed by atoms with E-state index in [4.69, 9.17) is 0 Å². The minimum absolute atomic E-state index is 0.0409. The molecule has 0 aliphatic rings. The second-order valence-corrected chi connectivity index (χ2v) is 5.20. The quantitative estimate of drug-likeness (QED) is 0.930. The second-order valence-electron chi connectivity index (χ2n) is 5.20. The van der Waals surface area contributed by atoms with Crippen LogP contribution in [0.1, 0.15) is 37.7 Å². The number of rotatable bonds is 4. The van der Waals surface area contributed by atoms with Crippen molar-refractivity contribution in [2.24, 2.45) is 0 Å². The Labute approximate surface area is 118 Å². The summed E-state index contributed by atoms with van der Waals surface area (Å²) < 4.78 is 1.57. The van der Waals surface area contributed by atoms with Gasteiger partial charge in [0.1, 0.15) is 5.69 Å². The fraction of sp³-hybridized carbons (Fsp3) is 0.375. The average molecular weight is 272 g/mol. The van der Waals surface area contributed by atoms with Crippen molar-refractivity contribution < 1.29 is 4.79 Å². The van der Waals surface area contributed by atoms with Crippen LogP contribution in [0.25, 0.3) is 10.8 Å². The number of nitrogens with zero attached hydrogens (tertiary/aromatic N) is 1. The molecule has 0 aliphatic heterocycles. The molecule has 20 heavy (non-hydrogen) atoms. The summed E-state index contributed by atoms with van der Waals surface area (Å²) in [6, 6.07) is 9.21. The first-order chi connectivity index (χ1) is 9.54. The maximum Gasteiger partial charge on any atom is 0.268 e. The van der Waals surface area contributed by atoms with Gasteiger partial charge in [-0.3, -0.25) is 9.59 Å². The van der Waals surface area contributed by atoms with Crippen LogP contribution in [-0.2, 0) is 6.54 Å². The predicted octanol–water partition coefficient (Wildman–Crippen LogP) is 2.55. The first-order valence-electron chi connectivity index (χ1n) is 6.98. The minimum Gasteiger partial charge on any atom is -0.349 e. The van der Waals surface area contributed by atoms with Gasteiger partial charge in [0, 0.05) is 18.0 Å². The highest BCUT2D eigenvalue weighted by atomic mass is 16.2. The van der Waals surface area contributed by atoms with Crippen molar-refractivity contribution >= 4 is 16.7 Å². The molecule has 0 unspecified atom stereocenters. The van der Waals surface area contributed by atoms with E-state index >= 15 is 0 Å². The summed E-state index contributed by atoms with van der Waals surface area (Å²) in [5.74, 6) is -0.198. The van der Waals surface area contributed by atoms with E-state index in [1.54, 1.807) is 16.7 Å². The molecule has 0 atom stereocenters. The molecule has 1 aromatic heterocycles. The van der Waals surface area contributed by atoms with Crippen molar-refractivity contribution in [1.82, 2.24) is 9.88 Å². The highest BCUT2D eigenvalue weighted by Gasteiger charge is 2.15. The second kappa shape index (κ2) is 5.90. The van der Waals surface area contributed by atoms with Crippen LogP contribution >= 0.6 is 0 Å². The SMILES string of the molecule is CCCn1c(C(=O)NC(C)C)cc2ccccc2c1=O. The number of amides is 1. The summed E-state index contributed by atoms with van der Waals surface area (Å²) in [5.41, 5.74) is 0.336. The van der Waals surface area contributed by atoms with Gasteiger partial charge in [0.05, 0.1) is 0 Å². The fourth-order valence-electron chi connectivity index (χ4n) is 2.27. The topological polar surface area (TPSA) is 51.1 Å². The molecule has 0 fully saturated rings. The lowest BCUT2D eigenvalue weighted by molar-refractivity contribution is 0.0932. The molecule has 2 rings (SSSR count). The van der Waals surface area contributed by atoms with Crippen molar-refractivity contribution in [3.05, 3.63) is 46.4 Å². The van der Waals surface area contributed by atoms with Crippen LogP contribution in [0.5, 0.6) is 0 Å². The van der Waals surface area contributed by atoms with Gasteiger partial charge in [-0.2, -0.15) is 0 Å². The number of benzene rings is 1. The summed E-state index contributed by atoms with van der Waals surface area (Å²) in [6.45, 7) is 6.35. The van der Waals surface area contributed by atoms with Gasteiger partial charge >= 0.3 is 0 Å². The summed E-state index contributed by atoms with van der Waals surface area (Å²) in [4.78, 5) is 24.8. The van der Waals surface area contributed by atoms with Crippen LogP contribution in [0, 0.1) is 0 Å². The number of fused-ring (bicyclic) bond motifs is 1. The van der Waals surface area contributed by atoms with E-state index in [2.05, 4.69) is 5.32 Å². The average Bonchev–Trinajstić information content (AvgIpc) is 2.41. The van der Waals surface area contributed by atoms with Crippen molar-refractivity contribution in [2.75, 3.05) is 0 Å². The Kier molecular flexibility index (Phi) is 4.23. The summed E-state index contributed by atoms with van der Waals surface area (Å²) in [6.07, 6.45) is 0.806. The molecule has 0 saturated heterocycles. The Balaban J connectivity index is 2.65. The Hall–Kier alpha value is -2.10. The van der Waals surface area contributed by atoms with Crippen LogP contribution in [0.3, 0.4) is 0 Å². The lowest BCUT2D eigenvalue weighted by Crippen LogP contribution is -2.35. The monoisotopic (exact) mass is 272 g/mol. The summed E-state index contributed by atoms with van der Waals surface area (Å²) in [7, 11) is 0. The fourth-order valence-corrected chi connectivity index (χ4v) is 2.27. The lowest BCUT2D eigenvalue weighted by atomic mass is 10.1. The van der Waals surface area contributed by atoms with Gasteiger partial charge in [0.25, 0.3) is 11.5 Å². The van der Waals surface area contributed by atoms with Crippen molar-refractivity contribution in [2.45, 2.75) is 39.8 Å². The molecular weight excluding hydrogens is 252 g/mol. The van der Waals surface area contributed by atoms with Crippen molar-refractivity contribution in [3.8, 4) is 0 Å². The van der Waals surface area contributed by atoms with Gasteiger partial charge < -0.3 is 9.88 Å². The Morgan fingerprint density at radius 2 is 2.00 bits per heavy atom. The van der Waals surface area contributed by atoms with Crippen LogP contribution in [-0.4, -0.2) is 16.5 Å². The van der Waals surface area contributed by atoms with E-state index in [1.165, 1.54) is 0 Å². The largest absolute Gasteiger partial charge is 0.349 e. The third-order valence-corrected chi connectivity index (χ3v) is 3.12. The zero-order chi connectivity index (χ0) is 14.7. The molecule has 106 valence electrons. The number of nitrogens with one attached hydrogen (secondary N) is 1. The van der Waals surface area contributed by atoms with Crippen LogP contribution < -0.4 is 10.9 Å². The van der Waals surface area contributed by atoms with Gasteiger partial charge in [-0.25, -0.2) is 0 Å². The number of carbonyl (C=O) groups is 1. The van der Waals surface area contributed by atoms with E-state index in [-0.39, 0.29) is 17.5 Å². The molecule has 2 aromatic rings. The van der Waals surface area contributed by atoms with E-state index < -0.39 is 0 Å². The van der Waals surface area contributed by atoms with Crippen molar-refractivity contribution in [1.29, 1.82) is 0 Å². The number of pyridine rings is 1. The van der Waals surface area contributed by atoms with Gasteiger partial charge in [0.2, 0.25) is 0 Å². The van der Waals surface area contributed by atoms with Gasteiger partial charge in [-0.1, -0.05) is 25.1 Å². The van der Waals surface area contributed by atoms with Crippen LogP contribution in [0.4, 0.5) is 0 Å². The molecule has 0 aliphatic carbocycles. The van der Waals surface area contributed by atoms with E-state index in [0.29, 0.717) is 17.6 Å². The van der Waals surface area contributed by atoms with Gasteiger partial charge in [0.15, 0.2) is 0 Å². The Morgan fingerprint density at radius 1 is 1.30 bits per heavy atom. The van der Waals surface area contributed by atoms with E-state index in [1.807, 2.05) is 39.0 Å². The number of hydrogen-bond acceptors (Lipinski definition) is 2. The van der Waals surface area contributed by atoms with E-state index in [9.17, 15) is 9.59 Å². The maximum absolute atomic E-state index is 12.5. The first-order valence-corrected chi connectivity index (χ1v) is 6.98. The van der Waals surface area contributed by atoms with E-state index in [0.717, 1.165) is 11.8 Å². The molecule has 1 amide bonds. The van der Waals surface area contributed by atoms with Crippen LogP contribution in [0.15, 0.2) is 35.1 Å². The molecule has 1 N–H and O–H groups in total. The standard InChI is InChI=1S/C16H20N2O2/c1-4-9-18-14(15(19)17-11(2)3)10-12-7-5-6-8-13(12)16(18)20/h5-8,10-11H,4,9H2,1-3H3,(H,17,19). The van der Waals surface area contributed by atoms with Gasteiger partial charge in [-0.15, -0.1) is 0 Å². The first kappa shape index (κ1) is 14.3. The highest BCUT2D eigenvalue weighted by Crippen LogP contribution is 2.12. The minimum atomic E-state index is -0.198. The summed E-state index contributed by atoms with van der Waals surface area (Å²) >= 11 is 0. The zero-order valence-corrected chi connectivity index (χ0v) is 12.1. The summed E-state index contributed by atoms with van der Waals surface area (Å²) in [5, 5.41) is 4.31. The molecule has 0 spiro atoms. The Morgan fingerprint density at radius 3 is 2.65 bits per heavy atom. The molecule has 0 saturated carbocycles. The highest BCUT2D eigenvalue weighted by molar-refractivity contribution is 5.96. The number of aromatic nitrogens is 1. The molecule has 0 radical (unpaired) electrons. The normalized spacial score (nSPS) is 11.0. The van der Waals surface area contributed by atoms with Gasteiger partial charge in [-0.05, 0) is 37.8 Å². The lowest BCUT2D eigenvalue weighted by Gasteiger charge is -2.15. The molecule has 4 heteroatoms. The smallest absolute Gasteiger partial charge is 0.268 e. The predicted molar refractivity (Wildman–Crippen MR) is 81.1 cm³/mol. The number of hydrogen-bond donors (Lipinski definition) is 1. The molecular formula is C16H20N2O2. The molecule has 1 heterocycles. The maximum atomic E-state index is 12.5. The zero-order valence-electron chi connectivity index (χ0n) is 12.1. The molecule has 1 aromatic carbocycles. The number of carbonyl (C=O) groups excluding carboxylic acids is 1. The third-order valence-electron chi connectivity index (χ3n) is 3.12. The molecule has 4 nitrogen and oxygen atoms in total.